The fourth-order valence-electron chi connectivity index (χ4n) is 3.58. The molecule has 3 aliphatic rings. The molecule has 0 aromatic carbocycles. The summed E-state index contributed by atoms with van der Waals surface area (Å²) in [5.74, 6) is 0.502. The Bertz CT molecular complexity index is 538. The minimum Gasteiger partial charge on any atom is -0.594 e. The Balaban J connectivity index is 1.94. The van der Waals surface area contributed by atoms with E-state index < -0.39 is 0 Å². The zero-order valence-corrected chi connectivity index (χ0v) is 9.18. The van der Waals surface area contributed by atoms with Crippen molar-refractivity contribution < 1.29 is 9.58 Å². The van der Waals surface area contributed by atoms with Gasteiger partial charge in [0.2, 0.25) is 6.20 Å². The van der Waals surface area contributed by atoms with Crippen molar-refractivity contribution in [3.63, 3.8) is 0 Å². The molecule has 0 amide bonds. The third-order valence-corrected chi connectivity index (χ3v) is 4.31. The van der Waals surface area contributed by atoms with Gasteiger partial charge in [-0.2, -0.15) is 0 Å². The van der Waals surface area contributed by atoms with E-state index in [4.69, 9.17) is 4.74 Å². The summed E-state index contributed by atoms with van der Waals surface area (Å²) in [6.07, 6.45) is 7.64. The molecule has 0 N–H and O–H groups in total. The SMILES string of the molecule is CC1(C)OC12C1C=CC2c2c[n+]([O-])ncc21. The van der Waals surface area contributed by atoms with Crippen molar-refractivity contribution in [1.82, 2.24) is 5.10 Å². The Labute approximate surface area is 93.1 Å². The Morgan fingerprint density at radius 2 is 1.94 bits per heavy atom. The third kappa shape index (κ3) is 0.686. The van der Waals surface area contributed by atoms with E-state index >= 15 is 0 Å². The van der Waals surface area contributed by atoms with Crippen molar-refractivity contribution in [2.45, 2.75) is 36.9 Å². The van der Waals surface area contributed by atoms with Gasteiger partial charge in [-0.1, -0.05) is 17.0 Å². The topological polar surface area (TPSA) is 52.4 Å². The van der Waals surface area contributed by atoms with Gasteiger partial charge < -0.3 is 9.94 Å². The standard InChI is InChI=1S/C12H12N2O2/c1-11(2)12(16-11)9-3-4-10(12)8-6-14(15)13-5-7(8)9/h3-6,9-10H,1-2H3. The highest BCUT2D eigenvalue weighted by Crippen LogP contribution is 2.71. The van der Waals surface area contributed by atoms with E-state index in [-0.39, 0.29) is 23.0 Å². The van der Waals surface area contributed by atoms with Gasteiger partial charge in [0.1, 0.15) is 11.8 Å². The molecule has 1 aliphatic heterocycles. The summed E-state index contributed by atoms with van der Waals surface area (Å²) in [5.41, 5.74) is 2.01. The highest BCUT2D eigenvalue weighted by atomic mass is 16.6. The number of aromatic nitrogens is 2. The van der Waals surface area contributed by atoms with Gasteiger partial charge in [-0.15, -0.1) is 0 Å². The lowest BCUT2D eigenvalue weighted by molar-refractivity contribution is -0.669. The van der Waals surface area contributed by atoms with Crippen LogP contribution in [0.1, 0.15) is 36.8 Å². The molecule has 1 spiro atoms. The number of nitrogens with zero attached hydrogens (tertiary/aromatic N) is 2. The van der Waals surface area contributed by atoms with Crippen molar-refractivity contribution in [3.05, 3.63) is 40.9 Å². The Kier molecular flexibility index (Phi) is 1.17. The second-order valence-corrected chi connectivity index (χ2v) is 5.33. The van der Waals surface area contributed by atoms with Crippen LogP contribution in [0.4, 0.5) is 0 Å². The van der Waals surface area contributed by atoms with Crippen LogP contribution in [0, 0.1) is 5.21 Å². The summed E-state index contributed by atoms with van der Waals surface area (Å²) in [4.78, 5) is 0.635. The summed E-state index contributed by atoms with van der Waals surface area (Å²) in [6, 6.07) is 0. The summed E-state index contributed by atoms with van der Waals surface area (Å²) in [5, 5.41) is 15.0. The van der Waals surface area contributed by atoms with Gasteiger partial charge in [0.15, 0.2) is 0 Å². The van der Waals surface area contributed by atoms with E-state index in [1.165, 1.54) is 0 Å². The molecule has 4 rings (SSSR count). The first kappa shape index (κ1) is 8.70. The van der Waals surface area contributed by atoms with Gasteiger partial charge >= 0.3 is 0 Å². The monoisotopic (exact) mass is 216 g/mol. The van der Waals surface area contributed by atoms with E-state index in [9.17, 15) is 5.21 Å². The number of rotatable bonds is 0. The van der Waals surface area contributed by atoms with Gasteiger partial charge in [-0.05, 0) is 19.4 Å². The lowest BCUT2D eigenvalue weighted by Gasteiger charge is -2.12. The molecule has 2 heterocycles. The number of ether oxygens (including phenoxy) is 1. The van der Waals surface area contributed by atoms with Crippen molar-refractivity contribution in [2.24, 2.45) is 0 Å². The van der Waals surface area contributed by atoms with Crippen LogP contribution in [0.3, 0.4) is 0 Å². The molecule has 2 bridgehead atoms. The highest BCUT2D eigenvalue weighted by Gasteiger charge is 2.76. The summed E-state index contributed by atoms with van der Waals surface area (Å²) in [6.45, 7) is 4.23. The first-order valence-corrected chi connectivity index (χ1v) is 5.54. The zero-order chi connectivity index (χ0) is 11.1. The van der Waals surface area contributed by atoms with Crippen molar-refractivity contribution in [1.29, 1.82) is 0 Å². The molecule has 1 aromatic rings. The summed E-state index contributed by atoms with van der Waals surface area (Å²) >= 11 is 0. The average molecular weight is 216 g/mol. The van der Waals surface area contributed by atoms with Gasteiger partial charge in [0.05, 0.1) is 5.60 Å². The van der Waals surface area contributed by atoms with Crippen LogP contribution < -0.4 is 4.85 Å². The maximum absolute atomic E-state index is 11.2. The molecule has 1 fully saturated rings. The van der Waals surface area contributed by atoms with E-state index in [2.05, 4.69) is 31.1 Å². The lowest BCUT2D eigenvalue weighted by atomic mass is 9.84. The van der Waals surface area contributed by atoms with E-state index in [0.717, 1.165) is 11.1 Å². The zero-order valence-electron chi connectivity index (χ0n) is 9.18. The molecular weight excluding hydrogens is 204 g/mol. The largest absolute Gasteiger partial charge is 0.594 e. The molecule has 16 heavy (non-hydrogen) atoms. The molecule has 0 radical (unpaired) electrons. The van der Waals surface area contributed by atoms with Crippen LogP contribution in [0.15, 0.2) is 24.5 Å². The fourth-order valence-corrected chi connectivity index (χ4v) is 3.58. The van der Waals surface area contributed by atoms with Crippen LogP contribution in [0.2, 0.25) is 0 Å². The molecule has 1 aromatic heterocycles. The molecule has 82 valence electrons. The molecule has 3 unspecified atom stereocenters. The number of hydrogen-bond donors (Lipinski definition) is 0. The second-order valence-electron chi connectivity index (χ2n) is 5.33. The van der Waals surface area contributed by atoms with Crippen molar-refractivity contribution >= 4 is 0 Å². The minimum atomic E-state index is -0.134. The van der Waals surface area contributed by atoms with Crippen LogP contribution in [0.25, 0.3) is 0 Å². The van der Waals surface area contributed by atoms with E-state index in [1.54, 1.807) is 12.4 Å². The maximum Gasteiger partial charge on any atom is 0.214 e. The van der Waals surface area contributed by atoms with E-state index in [1.807, 2.05) is 0 Å². The Morgan fingerprint density at radius 1 is 1.31 bits per heavy atom. The summed E-state index contributed by atoms with van der Waals surface area (Å²) < 4.78 is 5.96. The predicted octanol–water partition coefficient (Wildman–Crippen LogP) is 1.01. The predicted molar refractivity (Wildman–Crippen MR) is 55.7 cm³/mol. The Morgan fingerprint density at radius 3 is 2.56 bits per heavy atom. The van der Waals surface area contributed by atoms with Gasteiger partial charge in [0.25, 0.3) is 0 Å². The lowest BCUT2D eigenvalue weighted by Crippen LogP contribution is -2.31. The highest BCUT2D eigenvalue weighted by molar-refractivity contribution is 5.56. The molecule has 3 atom stereocenters. The van der Waals surface area contributed by atoms with Crippen LogP contribution in [0.5, 0.6) is 0 Å². The fraction of sp³-hybridized carbons (Fsp3) is 0.500. The molecule has 2 aliphatic carbocycles. The van der Waals surface area contributed by atoms with Gasteiger partial charge in [-0.3, -0.25) is 0 Å². The molecule has 1 saturated heterocycles. The average Bonchev–Trinajstić information content (AvgIpc) is 2.53. The quantitative estimate of drug-likeness (QED) is 0.281. The first-order chi connectivity index (χ1) is 7.56. The molecule has 4 heteroatoms. The van der Waals surface area contributed by atoms with Crippen molar-refractivity contribution in [2.75, 3.05) is 0 Å². The first-order valence-electron chi connectivity index (χ1n) is 5.54. The third-order valence-electron chi connectivity index (χ3n) is 4.31. The second kappa shape index (κ2) is 2.15. The number of hydrogen-bond acceptors (Lipinski definition) is 3. The van der Waals surface area contributed by atoms with E-state index in [0.29, 0.717) is 4.85 Å². The normalized spacial score (nSPS) is 40.4. The minimum absolute atomic E-state index is 0.0986. The molecular formula is C12H12N2O2. The van der Waals surface area contributed by atoms with Crippen molar-refractivity contribution in [3.8, 4) is 0 Å². The van der Waals surface area contributed by atoms with Crippen LogP contribution >= 0.6 is 0 Å². The number of fused-ring (bicyclic) bond motifs is 3. The maximum atomic E-state index is 11.2. The van der Waals surface area contributed by atoms with Crippen LogP contribution in [-0.4, -0.2) is 16.3 Å². The number of epoxide rings is 1. The van der Waals surface area contributed by atoms with Gasteiger partial charge in [0, 0.05) is 22.5 Å². The summed E-state index contributed by atoms with van der Waals surface area (Å²) in [7, 11) is 0. The Hall–Kier alpha value is -1.42. The van der Waals surface area contributed by atoms with Crippen LogP contribution in [-0.2, 0) is 4.74 Å². The molecule has 0 saturated carbocycles. The molecule has 4 nitrogen and oxygen atoms in total. The smallest absolute Gasteiger partial charge is 0.214 e. The van der Waals surface area contributed by atoms with Gasteiger partial charge in [-0.25, -0.2) is 0 Å².